The minimum Gasteiger partial charge on any atom is -0.472 e. The molecule has 0 aromatic carbocycles. The van der Waals surface area contributed by atoms with Gasteiger partial charge in [-0.1, -0.05) is 0 Å². The number of rotatable bonds is 3. The lowest BCUT2D eigenvalue weighted by atomic mass is 9.75. The highest BCUT2D eigenvalue weighted by atomic mass is 19.3. The van der Waals surface area contributed by atoms with Crippen LogP contribution in [0, 0.1) is 5.41 Å². The number of anilines is 1. The molecule has 2 fully saturated rings. The molecule has 0 N–H and O–H groups in total. The van der Waals surface area contributed by atoms with Crippen LogP contribution in [0.2, 0.25) is 0 Å². The first kappa shape index (κ1) is 15.5. The number of aromatic nitrogens is 2. The Kier molecular flexibility index (Phi) is 3.75. The molecule has 1 atom stereocenters. The molecule has 7 heteroatoms. The SMILES string of the molecule is FC1(F)CCN(Cc2ccoc2)C[C@@]12CCN(c1ncccn1)C2. The molecule has 2 aliphatic rings. The average Bonchev–Trinajstić information content (AvgIpc) is 3.23. The molecular weight excluding hydrogens is 314 g/mol. The molecule has 0 aliphatic carbocycles. The van der Waals surface area contributed by atoms with Gasteiger partial charge in [0, 0.05) is 57.1 Å². The molecule has 2 aliphatic heterocycles. The van der Waals surface area contributed by atoms with Crippen molar-refractivity contribution in [2.75, 3.05) is 31.1 Å². The average molecular weight is 334 g/mol. The van der Waals surface area contributed by atoms with Gasteiger partial charge in [0.05, 0.1) is 17.9 Å². The third-order valence-corrected chi connectivity index (χ3v) is 5.22. The van der Waals surface area contributed by atoms with Crippen molar-refractivity contribution in [2.45, 2.75) is 25.3 Å². The highest BCUT2D eigenvalue weighted by Gasteiger charge is 2.59. The van der Waals surface area contributed by atoms with E-state index in [2.05, 4.69) is 14.9 Å². The molecule has 1 spiro atoms. The van der Waals surface area contributed by atoms with E-state index in [4.69, 9.17) is 4.42 Å². The minimum absolute atomic E-state index is 0.103. The lowest BCUT2D eigenvalue weighted by Crippen LogP contribution is -2.56. The van der Waals surface area contributed by atoms with Crippen LogP contribution >= 0.6 is 0 Å². The Morgan fingerprint density at radius 2 is 1.96 bits per heavy atom. The van der Waals surface area contributed by atoms with E-state index < -0.39 is 11.3 Å². The van der Waals surface area contributed by atoms with Crippen molar-refractivity contribution in [1.82, 2.24) is 14.9 Å². The molecule has 2 aromatic heterocycles. The molecule has 0 radical (unpaired) electrons. The Balaban J connectivity index is 1.53. The standard InChI is InChI=1S/C17H20F2N4O/c18-17(19)4-7-22(10-14-2-9-24-11-14)12-16(17)3-8-23(13-16)15-20-5-1-6-21-15/h1-2,5-6,9,11H,3-4,7-8,10,12-13H2/t16-/m1/s1. The Morgan fingerprint density at radius 3 is 2.71 bits per heavy atom. The monoisotopic (exact) mass is 334 g/mol. The first-order chi connectivity index (χ1) is 11.6. The first-order valence-electron chi connectivity index (χ1n) is 8.21. The van der Waals surface area contributed by atoms with Crippen LogP contribution in [0.4, 0.5) is 14.7 Å². The lowest BCUT2D eigenvalue weighted by Gasteiger charge is -2.45. The zero-order valence-corrected chi connectivity index (χ0v) is 13.4. The minimum atomic E-state index is -2.66. The van der Waals surface area contributed by atoms with E-state index in [9.17, 15) is 8.78 Å². The van der Waals surface area contributed by atoms with Gasteiger partial charge in [0.15, 0.2) is 0 Å². The first-order valence-corrected chi connectivity index (χ1v) is 8.21. The second-order valence-electron chi connectivity index (χ2n) is 6.80. The van der Waals surface area contributed by atoms with E-state index in [0.29, 0.717) is 45.1 Å². The number of hydrogen-bond acceptors (Lipinski definition) is 5. The fourth-order valence-electron chi connectivity index (χ4n) is 3.89. The molecule has 24 heavy (non-hydrogen) atoms. The number of likely N-dealkylation sites (tertiary alicyclic amines) is 1. The normalized spacial score (nSPS) is 27.0. The summed E-state index contributed by atoms with van der Waals surface area (Å²) < 4.78 is 34.7. The quantitative estimate of drug-likeness (QED) is 0.864. The molecule has 0 saturated carbocycles. The van der Waals surface area contributed by atoms with E-state index in [-0.39, 0.29) is 6.42 Å². The summed E-state index contributed by atoms with van der Waals surface area (Å²) in [5.74, 6) is -2.12. The van der Waals surface area contributed by atoms with Gasteiger partial charge in [0.2, 0.25) is 5.95 Å². The summed E-state index contributed by atoms with van der Waals surface area (Å²) in [4.78, 5) is 12.4. The van der Waals surface area contributed by atoms with Gasteiger partial charge in [0.25, 0.3) is 5.92 Å². The van der Waals surface area contributed by atoms with Crippen molar-refractivity contribution in [1.29, 1.82) is 0 Å². The van der Waals surface area contributed by atoms with Gasteiger partial charge in [-0.15, -0.1) is 0 Å². The highest BCUT2D eigenvalue weighted by Crippen LogP contribution is 2.50. The van der Waals surface area contributed by atoms with Gasteiger partial charge in [-0.05, 0) is 18.6 Å². The third-order valence-electron chi connectivity index (χ3n) is 5.22. The number of piperidine rings is 1. The molecule has 4 heterocycles. The fourth-order valence-corrected chi connectivity index (χ4v) is 3.89. The number of halogens is 2. The maximum Gasteiger partial charge on any atom is 0.257 e. The van der Waals surface area contributed by atoms with Gasteiger partial charge in [-0.25, -0.2) is 18.7 Å². The fraction of sp³-hybridized carbons (Fsp3) is 0.529. The van der Waals surface area contributed by atoms with E-state index >= 15 is 0 Å². The summed E-state index contributed by atoms with van der Waals surface area (Å²) in [5, 5.41) is 0. The highest BCUT2D eigenvalue weighted by molar-refractivity contribution is 5.33. The number of alkyl halides is 2. The Bertz CT molecular complexity index is 679. The topological polar surface area (TPSA) is 45.4 Å². The van der Waals surface area contributed by atoms with E-state index in [0.717, 1.165) is 5.56 Å². The van der Waals surface area contributed by atoms with Crippen LogP contribution in [0.1, 0.15) is 18.4 Å². The maximum absolute atomic E-state index is 14.8. The molecule has 4 rings (SSSR count). The van der Waals surface area contributed by atoms with Crippen molar-refractivity contribution in [3.8, 4) is 0 Å². The van der Waals surface area contributed by atoms with Crippen LogP contribution in [-0.4, -0.2) is 47.0 Å². The summed E-state index contributed by atoms with van der Waals surface area (Å²) in [6.45, 7) is 2.30. The van der Waals surface area contributed by atoms with Gasteiger partial charge in [-0.3, -0.25) is 4.90 Å². The summed E-state index contributed by atoms with van der Waals surface area (Å²) in [6.07, 6.45) is 6.95. The predicted molar refractivity (Wildman–Crippen MR) is 84.8 cm³/mol. The van der Waals surface area contributed by atoms with E-state index in [1.807, 2.05) is 11.0 Å². The molecule has 2 aromatic rings. The van der Waals surface area contributed by atoms with Crippen LogP contribution in [0.5, 0.6) is 0 Å². The van der Waals surface area contributed by atoms with Crippen molar-refractivity contribution in [3.63, 3.8) is 0 Å². The zero-order chi connectivity index (χ0) is 16.6. The van der Waals surface area contributed by atoms with Crippen molar-refractivity contribution < 1.29 is 13.2 Å². The number of nitrogens with zero attached hydrogens (tertiary/aromatic N) is 4. The molecule has 0 unspecified atom stereocenters. The largest absolute Gasteiger partial charge is 0.472 e. The van der Waals surface area contributed by atoms with Gasteiger partial charge < -0.3 is 9.32 Å². The maximum atomic E-state index is 14.8. The Hall–Kier alpha value is -2.02. The second kappa shape index (κ2) is 5.81. The predicted octanol–water partition coefficient (Wildman–Crippen LogP) is 2.81. The van der Waals surface area contributed by atoms with Gasteiger partial charge in [0.1, 0.15) is 0 Å². The van der Waals surface area contributed by atoms with Gasteiger partial charge in [-0.2, -0.15) is 0 Å². The lowest BCUT2D eigenvalue weighted by molar-refractivity contribution is -0.158. The molecule has 128 valence electrons. The van der Waals surface area contributed by atoms with Crippen molar-refractivity contribution >= 4 is 5.95 Å². The second-order valence-corrected chi connectivity index (χ2v) is 6.80. The zero-order valence-electron chi connectivity index (χ0n) is 13.4. The molecule has 0 amide bonds. The molecule has 0 bridgehead atoms. The molecular formula is C17H20F2N4O. The van der Waals surface area contributed by atoms with E-state index in [1.165, 1.54) is 0 Å². The van der Waals surface area contributed by atoms with Crippen LogP contribution in [0.25, 0.3) is 0 Å². The smallest absolute Gasteiger partial charge is 0.257 e. The Labute approximate surface area is 139 Å². The van der Waals surface area contributed by atoms with Crippen LogP contribution in [-0.2, 0) is 6.54 Å². The number of hydrogen-bond donors (Lipinski definition) is 0. The van der Waals surface area contributed by atoms with Gasteiger partial charge >= 0.3 is 0 Å². The summed E-state index contributed by atoms with van der Waals surface area (Å²) >= 11 is 0. The number of furan rings is 1. The summed E-state index contributed by atoms with van der Waals surface area (Å²) in [7, 11) is 0. The van der Waals surface area contributed by atoms with Crippen LogP contribution in [0.15, 0.2) is 41.5 Å². The summed E-state index contributed by atoms with van der Waals surface area (Å²) in [6, 6.07) is 3.62. The third kappa shape index (κ3) is 2.66. The van der Waals surface area contributed by atoms with Crippen molar-refractivity contribution in [2.24, 2.45) is 5.41 Å². The van der Waals surface area contributed by atoms with Crippen LogP contribution in [0.3, 0.4) is 0 Å². The molecule has 5 nitrogen and oxygen atoms in total. The summed E-state index contributed by atoms with van der Waals surface area (Å²) in [5.41, 5.74) is -0.00890. The van der Waals surface area contributed by atoms with E-state index in [1.54, 1.807) is 31.0 Å². The van der Waals surface area contributed by atoms with Crippen molar-refractivity contribution in [3.05, 3.63) is 42.6 Å². The van der Waals surface area contributed by atoms with Crippen LogP contribution < -0.4 is 4.90 Å². The Morgan fingerprint density at radius 1 is 1.12 bits per heavy atom. The molecule has 2 saturated heterocycles.